The average molecular weight is 445 g/mol. The molecule has 0 saturated heterocycles. The van der Waals surface area contributed by atoms with Crippen LogP contribution in [0.2, 0.25) is 5.02 Å². The Balaban J connectivity index is 1.62. The number of aromatic nitrogens is 2. The van der Waals surface area contributed by atoms with Gasteiger partial charge in [-0.25, -0.2) is 0 Å². The van der Waals surface area contributed by atoms with Crippen molar-refractivity contribution in [3.8, 4) is 40.3 Å². The van der Waals surface area contributed by atoms with Gasteiger partial charge in [-0.15, -0.1) is 5.10 Å². The fraction of sp³-hybridized carbons (Fsp3) is 0.125. The minimum Gasteiger partial charge on any atom is -0.497 e. The molecule has 0 spiro atoms. The molecule has 2 aromatic carbocycles. The first-order valence-corrected chi connectivity index (χ1v) is 10.2. The number of methoxy groups -OCH3 is 1. The molecule has 8 heteroatoms. The number of benzene rings is 2. The largest absolute Gasteiger partial charge is 0.497 e. The van der Waals surface area contributed by atoms with Crippen molar-refractivity contribution in [3.63, 3.8) is 0 Å². The highest BCUT2D eigenvalue weighted by molar-refractivity contribution is 6.30. The summed E-state index contributed by atoms with van der Waals surface area (Å²) in [6.45, 7) is 0. The minimum atomic E-state index is -0.860. The van der Waals surface area contributed by atoms with E-state index in [-0.39, 0.29) is 11.8 Å². The summed E-state index contributed by atoms with van der Waals surface area (Å²) >= 11 is 6.00. The number of nitriles is 1. The number of H-pyrrole nitrogens is 1. The van der Waals surface area contributed by atoms with Gasteiger partial charge in [0.25, 0.3) is 0 Å². The topological polar surface area (TPSA) is 108 Å². The van der Waals surface area contributed by atoms with Crippen molar-refractivity contribution in [3.05, 3.63) is 77.0 Å². The van der Waals surface area contributed by atoms with Crippen LogP contribution in [0.4, 0.5) is 0 Å². The molecule has 2 unspecified atom stereocenters. The molecule has 7 nitrogen and oxygen atoms in total. The van der Waals surface area contributed by atoms with Crippen molar-refractivity contribution in [2.24, 2.45) is 5.92 Å². The fourth-order valence-electron chi connectivity index (χ4n) is 3.89. The number of nitrogens with zero attached hydrogens (tertiary/aromatic N) is 2. The third-order valence-corrected chi connectivity index (χ3v) is 5.73. The standard InChI is InChI=1S/C24H17ClN4O3/c1-30-16-8-4-14(5-9-16)22-21-20(17(12-26)23(27)32-24(21)29-28-22)19-11-10-18(31-19)13-2-6-15(25)7-3-13/h2-11,17,20,27H,1H3,(H,28,29). The Bertz CT molecular complexity index is 1330. The normalized spacial score (nSPS) is 17.3. The number of nitrogens with one attached hydrogen (secondary N) is 2. The van der Waals surface area contributed by atoms with Crippen molar-refractivity contribution in [2.75, 3.05) is 7.11 Å². The number of aromatic amines is 1. The Hall–Kier alpha value is -4.02. The molecule has 0 saturated carbocycles. The molecule has 1 aliphatic rings. The summed E-state index contributed by atoms with van der Waals surface area (Å²) in [6.07, 6.45) is 0. The molecule has 0 bridgehead atoms. The van der Waals surface area contributed by atoms with Gasteiger partial charge in [-0.2, -0.15) is 5.26 Å². The van der Waals surface area contributed by atoms with E-state index in [1.54, 1.807) is 19.2 Å². The maximum atomic E-state index is 9.87. The number of rotatable bonds is 4. The monoisotopic (exact) mass is 444 g/mol. The Morgan fingerprint density at radius 1 is 1.06 bits per heavy atom. The van der Waals surface area contributed by atoms with E-state index in [9.17, 15) is 5.26 Å². The lowest BCUT2D eigenvalue weighted by molar-refractivity contribution is 0.403. The number of fused-ring (bicyclic) bond motifs is 1. The molecule has 0 amide bonds. The van der Waals surface area contributed by atoms with E-state index in [4.69, 9.17) is 30.9 Å². The van der Waals surface area contributed by atoms with E-state index < -0.39 is 11.8 Å². The first-order valence-electron chi connectivity index (χ1n) is 9.83. The molecule has 4 aromatic rings. The van der Waals surface area contributed by atoms with E-state index in [0.717, 1.165) is 16.9 Å². The summed E-state index contributed by atoms with van der Waals surface area (Å²) in [4.78, 5) is 0. The SMILES string of the molecule is COc1ccc(-c2[nH]nc3c2C(c2ccc(-c4ccc(Cl)cc4)o2)C(C#N)C(=N)O3)cc1. The van der Waals surface area contributed by atoms with Crippen LogP contribution in [0.1, 0.15) is 17.2 Å². The van der Waals surface area contributed by atoms with E-state index in [1.807, 2.05) is 48.5 Å². The first kappa shape index (κ1) is 19.9. The zero-order valence-electron chi connectivity index (χ0n) is 16.9. The van der Waals surface area contributed by atoms with Crippen LogP contribution in [0.15, 0.2) is 65.1 Å². The molecule has 0 fully saturated rings. The molecular formula is C24H17ClN4O3. The third kappa shape index (κ3) is 3.31. The predicted molar refractivity (Wildman–Crippen MR) is 119 cm³/mol. The second kappa shape index (κ2) is 7.91. The van der Waals surface area contributed by atoms with Crippen LogP contribution in [0.3, 0.4) is 0 Å². The molecular weight excluding hydrogens is 428 g/mol. The van der Waals surface area contributed by atoms with E-state index in [1.165, 1.54) is 0 Å². The second-order valence-corrected chi connectivity index (χ2v) is 7.74. The molecule has 2 atom stereocenters. The molecule has 32 heavy (non-hydrogen) atoms. The van der Waals surface area contributed by atoms with Gasteiger partial charge in [-0.1, -0.05) is 11.6 Å². The number of hydrogen-bond donors (Lipinski definition) is 2. The van der Waals surface area contributed by atoms with Crippen molar-refractivity contribution in [1.82, 2.24) is 10.2 Å². The van der Waals surface area contributed by atoms with Crippen LogP contribution >= 0.6 is 11.6 Å². The average Bonchev–Trinajstić information content (AvgIpc) is 3.46. The summed E-state index contributed by atoms with van der Waals surface area (Å²) < 4.78 is 17.0. The lowest BCUT2D eigenvalue weighted by atomic mass is 9.82. The molecule has 5 rings (SSSR count). The molecule has 1 aliphatic heterocycles. The summed E-state index contributed by atoms with van der Waals surface area (Å²) in [6, 6.07) is 20.7. The number of ether oxygens (including phenoxy) is 2. The van der Waals surface area contributed by atoms with Gasteiger partial charge >= 0.3 is 0 Å². The van der Waals surface area contributed by atoms with Gasteiger partial charge in [-0.3, -0.25) is 10.5 Å². The predicted octanol–water partition coefficient (Wildman–Crippen LogP) is 5.64. The van der Waals surface area contributed by atoms with Crippen molar-refractivity contribution < 1.29 is 13.9 Å². The highest BCUT2D eigenvalue weighted by atomic mass is 35.5. The highest BCUT2D eigenvalue weighted by Crippen LogP contribution is 2.46. The number of hydrogen-bond acceptors (Lipinski definition) is 6. The number of halogens is 1. The summed E-state index contributed by atoms with van der Waals surface area (Å²) in [5.74, 6) is 0.595. The van der Waals surface area contributed by atoms with Gasteiger partial charge in [0.15, 0.2) is 0 Å². The summed E-state index contributed by atoms with van der Waals surface area (Å²) in [7, 11) is 1.61. The first-order chi connectivity index (χ1) is 15.6. The van der Waals surface area contributed by atoms with Crippen LogP contribution in [-0.4, -0.2) is 23.2 Å². The van der Waals surface area contributed by atoms with Gasteiger partial charge in [0, 0.05) is 16.1 Å². The molecule has 3 heterocycles. The Morgan fingerprint density at radius 3 is 2.47 bits per heavy atom. The van der Waals surface area contributed by atoms with Crippen LogP contribution in [0, 0.1) is 22.7 Å². The summed E-state index contributed by atoms with van der Waals surface area (Å²) in [5.41, 5.74) is 3.08. The van der Waals surface area contributed by atoms with Crippen molar-refractivity contribution in [1.29, 1.82) is 10.7 Å². The zero-order chi connectivity index (χ0) is 22.2. The molecule has 2 N–H and O–H groups in total. The Morgan fingerprint density at radius 2 is 1.78 bits per heavy atom. The molecule has 158 valence electrons. The highest BCUT2D eigenvalue weighted by Gasteiger charge is 2.42. The van der Waals surface area contributed by atoms with Gasteiger partial charge in [0.1, 0.15) is 23.2 Å². The van der Waals surface area contributed by atoms with Crippen LogP contribution < -0.4 is 9.47 Å². The van der Waals surface area contributed by atoms with E-state index >= 15 is 0 Å². The minimum absolute atomic E-state index is 0.165. The fourth-order valence-corrected chi connectivity index (χ4v) is 4.02. The quantitative estimate of drug-likeness (QED) is 0.423. The zero-order valence-corrected chi connectivity index (χ0v) is 17.7. The van der Waals surface area contributed by atoms with Gasteiger partial charge < -0.3 is 13.9 Å². The van der Waals surface area contributed by atoms with E-state index in [2.05, 4.69) is 16.3 Å². The van der Waals surface area contributed by atoms with Crippen molar-refractivity contribution >= 4 is 17.5 Å². The third-order valence-electron chi connectivity index (χ3n) is 5.48. The summed E-state index contributed by atoms with van der Waals surface area (Å²) in [5, 5.41) is 26.0. The van der Waals surface area contributed by atoms with Crippen LogP contribution in [-0.2, 0) is 0 Å². The van der Waals surface area contributed by atoms with Crippen LogP contribution in [0.5, 0.6) is 11.6 Å². The van der Waals surface area contributed by atoms with Gasteiger partial charge in [0.05, 0.1) is 30.4 Å². The van der Waals surface area contributed by atoms with E-state index in [0.29, 0.717) is 27.8 Å². The maximum Gasteiger partial charge on any atom is 0.244 e. The molecule has 0 radical (unpaired) electrons. The second-order valence-electron chi connectivity index (χ2n) is 7.31. The molecule has 0 aliphatic carbocycles. The Labute approximate surface area is 188 Å². The Kier molecular flexibility index (Phi) is 4.92. The van der Waals surface area contributed by atoms with Crippen molar-refractivity contribution in [2.45, 2.75) is 5.92 Å². The molecule has 2 aromatic heterocycles. The van der Waals surface area contributed by atoms with Gasteiger partial charge in [-0.05, 0) is 60.7 Å². The van der Waals surface area contributed by atoms with Gasteiger partial charge in [0.2, 0.25) is 11.8 Å². The number of furan rings is 1. The van der Waals surface area contributed by atoms with Crippen LogP contribution in [0.25, 0.3) is 22.6 Å². The lowest BCUT2D eigenvalue weighted by Crippen LogP contribution is -2.30. The smallest absolute Gasteiger partial charge is 0.244 e. The lowest BCUT2D eigenvalue weighted by Gasteiger charge is -2.26. The maximum absolute atomic E-state index is 9.87.